The second-order valence-corrected chi connectivity index (χ2v) is 4.21. The largest absolute Gasteiger partial charge is 0.422 e. The van der Waals surface area contributed by atoms with Crippen molar-refractivity contribution in [1.29, 1.82) is 0 Å². The number of nitrogens with zero attached hydrogens (tertiary/aromatic N) is 3. The van der Waals surface area contributed by atoms with Gasteiger partial charge in [-0.2, -0.15) is 14.8 Å². The lowest BCUT2D eigenvalue weighted by Crippen LogP contribution is -2.01. The molecule has 4 heteroatoms. The molecule has 0 aliphatic heterocycles. The molecule has 0 atom stereocenters. The van der Waals surface area contributed by atoms with Crippen molar-refractivity contribution in [3.8, 4) is 6.01 Å². The van der Waals surface area contributed by atoms with Crippen LogP contribution in [0.25, 0.3) is 17.1 Å². The fourth-order valence-electron chi connectivity index (χ4n) is 2.02. The van der Waals surface area contributed by atoms with Crippen molar-refractivity contribution in [2.24, 2.45) is 0 Å². The molecule has 0 saturated heterocycles. The summed E-state index contributed by atoms with van der Waals surface area (Å²) in [7, 11) is 0. The Balaban J connectivity index is 2.15. The summed E-state index contributed by atoms with van der Waals surface area (Å²) in [6, 6.07) is 10.4. The summed E-state index contributed by atoms with van der Waals surface area (Å²) >= 11 is 0. The predicted molar refractivity (Wildman–Crippen MR) is 69.9 cm³/mol. The highest BCUT2D eigenvalue weighted by Crippen LogP contribution is 2.19. The summed E-state index contributed by atoms with van der Waals surface area (Å²) in [5.41, 5.74) is 3.85. The predicted octanol–water partition coefficient (Wildman–Crippen LogP) is 3.14. The van der Waals surface area contributed by atoms with E-state index in [9.17, 15) is 0 Å². The summed E-state index contributed by atoms with van der Waals surface area (Å²) in [6.07, 6.45) is 1.83. The van der Waals surface area contributed by atoms with Crippen LogP contribution in [0.5, 0.6) is 0 Å². The molecule has 0 N–H and O–H groups in total. The normalized spacial score (nSPS) is 11.2. The molecule has 0 aliphatic carbocycles. The lowest BCUT2D eigenvalue weighted by atomic mass is 10.3. The zero-order valence-corrected chi connectivity index (χ0v) is 10.6. The monoisotopic (exact) mass is 241 g/mol. The van der Waals surface area contributed by atoms with Crippen LogP contribution in [-0.4, -0.2) is 14.8 Å². The third-order valence-electron chi connectivity index (χ3n) is 3.02. The molecule has 2 heterocycles. The van der Waals surface area contributed by atoms with Crippen LogP contribution in [0.1, 0.15) is 25.2 Å². The highest BCUT2D eigenvalue weighted by atomic mass is 16.4. The Labute approximate surface area is 105 Å². The second-order valence-electron chi connectivity index (χ2n) is 4.21. The maximum atomic E-state index is 5.74. The average molecular weight is 241 g/mol. The number of para-hydroxylation sites is 2. The Morgan fingerprint density at radius 2 is 2.00 bits per heavy atom. The van der Waals surface area contributed by atoms with Crippen LogP contribution in [0.2, 0.25) is 0 Å². The smallest absolute Gasteiger partial charge is 0.324 e. The minimum atomic E-state index is 0.549. The SMILES string of the molecule is CCc1cc(CC)n(-c2nc3ccccc3o2)n1. The Morgan fingerprint density at radius 1 is 1.17 bits per heavy atom. The van der Waals surface area contributed by atoms with E-state index in [-0.39, 0.29) is 0 Å². The fourth-order valence-corrected chi connectivity index (χ4v) is 2.02. The van der Waals surface area contributed by atoms with Gasteiger partial charge in [-0.05, 0) is 31.0 Å². The molecule has 0 fully saturated rings. The van der Waals surface area contributed by atoms with Crippen molar-refractivity contribution in [2.75, 3.05) is 0 Å². The molecular formula is C14H15N3O. The van der Waals surface area contributed by atoms with Crippen molar-refractivity contribution in [3.63, 3.8) is 0 Å². The highest BCUT2D eigenvalue weighted by molar-refractivity contribution is 5.73. The first-order valence-electron chi connectivity index (χ1n) is 6.25. The molecule has 0 amide bonds. The lowest BCUT2D eigenvalue weighted by molar-refractivity contribution is 0.533. The minimum absolute atomic E-state index is 0.549. The molecule has 0 bridgehead atoms. The minimum Gasteiger partial charge on any atom is -0.422 e. The van der Waals surface area contributed by atoms with Crippen LogP contribution in [-0.2, 0) is 12.8 Å². The highest BCUT2D eigenvalue weighted by Gasteiger charge is 2.13. The van der Waals surface area contributed by atoms with Gasteiger partial charge in [0.05, 0.1) is 5.69 Å². The number of oxazole rings is 1. The van der Waals surface area contributed by atoms with E-state index in [1.807, 2.05) is 24.3 Å². The first kappa shape index (κ1) is 11.0. The third-order valence-corrected chi connectivity index (χ3v) is 3.02. The topological polar surface area (TPSA) is 43.9 Å². The van der Waals surface area contributed by atoms with Gasteiger partial charge in [0.2, 0.25) is 0 Å². The summed E-state index contributed by atoms with van der Waals surface area (Å²) in [5, 5.41) is 4.53. The van der Waals surface area contributed by atoms with E-state index < -0.39 is 0 Å². The molecule has 0 saturated carbocycles. The molecule has 4 nitrogen and oxygen atoms in total. The molecule has 18 heavy (non-hydrogen) atoms. The number of benzene rings is 1. The summed E-state index contributed by atoms with van der Waals surface area (Å²) < 4.78 is 7.55. The first-order chi connectivity index (χ1) is 8.81. The lowest BCUT2D eigenvalue weighted by Gasteiger charge is -1.98. The molecule has 2 aromatic heterocycles. The van der Waals surface area contributed by atoms with Crippen molar-refractivity contribution in [2.45, 2.75) is 26.7 Å². The molecule has 3 rings (SSSR count). The van der Waals surface area contributed by atoms with Gasteiger partial charge in [-0.25, -0.2) is 0 Å². The molecule has 3 aromatic rings. The van der Waals surface area contributed by atoms with Gasteiger partial charge in [0.25, 0.3) is 0 Å². The molecule has 0 aliphatic rings. The molecule has 0 spiro atoms. The Hall–Kier alpha value is -2.10. The number of hydrogen-bond donors (Lipinski definition) is 0. The van der Waals surface area contributed by atoms with Crippen LogP contribution in [0.15, 0.2) is 34.7 Å². The molecule has 0 unspecified atom stereocenters. The van der Waals surface area contributed by atoms with E-state index in [0.717, 1.165) is 35.3 Å². The molecular weight excluding hydrogens is 226 g/mol. The van der Waals surface area contributed by atoms with Gasteiger partial charge < -0.3 is 4.42 Å². The van der Waals surface area contributed by atoms with Crippen LogP contribution in [0.4, 0.5) is 0 Å². The zero-order chi connectivity index (χ0) is 12.5. The standard InChI is InChI=1S/C14H15N3O/c1-3-10-9-11(4-2)17(16-10)14-15-12-7-5-6-8-13(12)18-14/h5-9H,3-4H2,1-2H3. The number of aryl methyl sites for hydroxylation is 2. The second kappa shape index (κ2) is 4.29. The van der Waals surface area contributed by atoms with E-state index in [2.05, 4.69) is 30.0 Å². The molecule has 1 aromatic carbocycles. The Morgan fingerprint density at radius 3 is 2.72 bits per heavy atom. The van der Waals surface area contributed by atoms with E-state index >= 15 is 0 Å². The fraction of sp³-hybridized carbons (Fsp3) is 0.286. The zero-order valence-electron chi connectivity index (χ0n) is 10.6. The van der Waals surface area contributed by atoms with E-state index in [1.54, 1.807) is 4.68 Å². The maximum Gasteiger partial charge on any atom is 0.324 e. The number of fused-ring (bicyclic) bond motifs is 1. The van der Waals surface area contributed by atoms with Gasteiger partial charge >= 0.3 is 6.01 Å². The number of rotatable bonds is 3. The van der Waals surface area contributed by atoms with Crippen molar-refractivity contribution >= 4 is 11.1 Å². The molecule has 92 valence electrons. The van der Waals surface area contributed by atoms with Gasteiger partial charge in [0.15, 0.2) is 5.58 Å². The average Bonchev–Trinajstić information content (AvgIpc) is 3.01. The Kier molecular flexibility index (Phi) is 2.63. The van der Waals surface area contributed by atoms with E-state index in [0.29, 0.717) is 6.01 Å². The van der Waals surface area contributed by atoms with Crippen molar-refractivity contribution < 1.29 is 4.42 Å². The van der Waals surface area contributed by atoms with Gasteiger partial charge in [0.1, 0.15) is 5.52 Å². The number of hydrogen-bond acceptors (Lipinski definition) is 3. The van der Waals surface area contributed by atoms with E-state index in [1.165, 1.54) is 0 Å². The van der Waals surface area contributed by atoms with Gasteiger partial charge in [0, 0.05) is 5.69 Å². The maximum absolute atomic E-state index is 5.74. The van der Waals surface area contributed by atoms with Crippen LogP contribution in [0.3, 0.4) is 0 Å². The van der Waals surface area contributed by atoms with Crippen LogP contribution in [0, 0.1) is 0 Å². The first-order valence-corrected chi connectivity index (χ1v) is 6.25. The van der Waals surface area contributed by atoms with Crippen molar-refractivity contribution in [1.82, 2.24) is 14.8 Å². The van der Waals surface area contributed by atoms with Gasteiger partial charge in [-0.3, -0.25) is 0 Å². The number of aromatic nitrogens is 3. The summed E-state index contributed by atoms with van der Waals surface area (Å²) in [4.78, 5) is 4.47. The van der Waals surface area contributed by atoms with E-state index in [4.69, 9.17) is 4.42 Å². The molecule has 0 radical (unpaired) electrons. The van der Waals surface area contributed by atoms with Crippen molar-refractivity contribution in [3.05, 3.63) is 41.7 Å². The summed E-state index contributed by atoms with van der Waals surface area (Å²) in [5.74, 6) is 0. The van der Waals surface area contributed by atoms with Gasteiger partial charge in [-0.15, -0.1) is 0 Å². The van der Waals surface area contributed by atoms with Crippen LogP contribution < -0.4 is 0 Å². The quantitative estimate of drug-likeness (QED) is 0.707. The van der Waals surface area contributed by atoms with Crippen LogP contribution >= 0.6 is 0 Å². The Bertz CT molecular complexity index is 648. The van der Waals surface area contributed by atoms with Gasteiger partial charge in [-0.1, -0.05) is 26.0 Å². The third kappa shape index (κ3) is 1.70. The summed E-state index contributed by atoms with van der Waals surface area (Å²) in [6.45, 7) is 4.20.